The molecule has 0 amide bonds. The van der Waals surface area contributed by atoms with Crippen molar-refractivity contribution >= 4 is 12.0 Å². The molecule has 20 heavy (non-hydrogen) atoms. The smallest absolute Gasteiger partial charge is 0.328 e. The van der Waals surface area contributed by atoms with Crippen molar-refractivity contribution in [3.8, 4) is 5.75 Å². The van der Waals surface area contributed by atoms with Crippen molar-refractivity contribution in [3.63, 3.8) is 0 Å². The number of rotatable bonds is 5. The highest BCUT2D eigenvalue weighted by atomic mass is 16.5. The molecule has 0 aliphatic heterocycles. The lowest BCUT2D eigenvalue weighted by atomic mass is 9.86. The van der Waals surface area contributed by atoms with E-state index in [-0.39, 0.29) is 0 Å². The van der Waals surface area contributed by atoms with E-state index in [4.69, 9.17) is 9.84 Å². The number of carboxylic acid groups (broad SMARTS) is 1. The van der Waals surface area contributed by atoms with Gasteiger partial charge in [-0.15, -0.1) is 0 Å². The topological polar surface area (TPSA) is 46.5 Å². The van der Waals surface area contributed by atoms with Crippen LogP contribution in [0, 0.1) is 5.92 Å². The third-order valence-electron chi connectivity index (χ3n) is 3.95. The Balaban J connectivity index is 1.93. The highest BCUT2D eigenvalue weighted by Gasteiger charge is 2.21. The number of benzene rings is 1. The van der Waals surface area contributed by atoms with Crippen LogP contribution in [0.2, 0.25) is 0 Å². The Hall–Kier alpha value is -1.77. The molecule has 0 aromatic heterocycles. The van der Waals surface area contributed by atoms with Gasteiger partial charge in [0, 0.05) is 6.08 Å². The van der Waals surface area contributed by atoms with Gasteiger partial charge >= 0.3 is 5.97 Å². The molecule has 1 fully saturated rings. The van der Waals surface area contributed by atoms with E-state index in [1.807, 2.05) is 24.3 Å². The van der Waals surface area contributed by atoms with Crippen LogP contribution in [0.4, 0.5) is 0 Å². The van der Waals surface area contributed by atoms with Gasteiger partial charge in [-0.1, -0.05) is 25.5 Å². The zero-order valence-electron chi connectivity index (χ0n) is 11.9. The van der Waals surface area contributed by atoms with E-state index in [9.17, 15) is 4.79 Å². The van der Waals surface area contributed by atoms with E-state index in [2.05, 4.69) is 6.92 Å². The van der Waals surface area contributed by atoms with Gasteiger partial charge in [0.05, 0.1) is 6.10 Å². The highest BCUT2D eigenvalue weighted by Crippen LogP contribution is 2.29. The van der Waals surface area contributed by atoms with Crippen LogP contribution in [0.3, 0.4) is 0 Å². The first-order valence-corrected chi connectivity index (χ1v) is 7.35. The van der Waals surface area contributed by atoms with Gasteiger partial charge in [0.2, 0.25) is 0 Å². The Labute approximate surface area is 120 Å². The van der Waals surface area contributed by atoms with E-state index in [1.54, 1.807) is 6.08 Å². The van der Waals surface area contributed by atoms with Crippen LogP contribution in [-0.2, 0) is 4.79 Å². The van der Waals surface area contributed by atoms with Crippen molar-refractivity contribution in [3.05, 3.63) is 35.9 Å². The largest absolute Gasteiger partial charge is 0.490 e. The maximum absolute atomic E-state index is 10.5. The predicted octanol–water partition coefficient (Wildman–Crippen LogP) is 4.13. The van der Waals surface area contributed by atoms with Gasteiger partial charge < -0.3 is 9.84 Å². The molecule has 0 unspecified atom stereocenters. The average molecular weight is 274 g/mol. The minimum atomic E-state index is -0.936. The molecule has 0 radical (unpaired) electrons. The second kappa shape index (κ2) is 7.13. The lowest BCUT2D eigenvalue weighted by Crippen LogP contribution is -2.23. The molecule has 3 heteroatoms. The molecule has 0 heterocycles. The molecule has 2 rings (SSSR count). The van der Waals surface area contributed by atoms with Crippen LogP contribution < -0.4 is 4.74 Å². The summed E-state index contributed by atoms with van der Waals surface area (Å²) in [6.07, 6.45) is 9.04. The number of hydrogen-bond acceptors (Lipinski definition) is 2. The lowest BCUT2D eigenvalue weighted by Gasteiger charge is -2.28. The standard InChI is InChI=1S/C17H22O3/c1-2-13-6-9-15(10-7-13)20-16-5-3-4-14(12-16)8-11-17(18)19/h3-5,8,11-13,15H,2,6-7,9-10H2,1H3,(H,18,19). The van der Waals surface area contributed by atoms with Gasteiger partial charge in [0.1, 0.15) is 5.75 Å². The number of carboxylic acids is 1. The van der Waals surface area contributed by atoms with Crippen molar-refractivity contribution < 1.29 is 14.6 Å². The van der Waals surface area contributed by atoms with Gasteiger partial charge in [-0.3, -0.25) is 0 Å². The van der Waals surface area contributed by atoms with Crippen molar-refractivity contribution in [2.45, 2.75) is 45.1 Å². The Morgan fingerprint density at radius 1 is 1.35 bits per heavy atom. The van der Waals surface area contributed by atoms with Gasteiger partial charge in [-0.2, -0.15) is 0 Å². The summed E-state index contributed by atoms with van der Waals surface area (Å²) in [6, 6.07) is 7.60. The fourth-order valence-electron chi connectivity index (χ4n) is 2.71. The zero-order valence-corrected chi connectivity index (χ0v) is 11.9. The maximum Gasteiger partial charge on any atom is 0.328 e. The average Bonchev–Trinajstić information content (AvgIpc) is 2.46. The quantitative estimate of drug-likeness (QED) is 0.821. The Morgan fingerprint density at radius 2 is 2.10 bits per heavy atom. The van der Waals surface area contributed by atoms with Crippen molar-refractivity contribution in [1.29, 1.82) is 0 Å². The van der Waals surface area contributed by atoms with Crippen LogP contribution in [0.5, 0.6) is 5.75 Å². The number of carbonyl (C=O) groups is 1. The summed E-state index contributed by atoms with van der Waals surface area (Å²) in [5.74, 6) is 0.756. The van der Waals surface area contributed by atoms with Crippen LogP contribution in [0.15, 0.2) is 30.3 Å². The summed E-state index contributed by atoms with van der Waals surface area (Å²) in [4.78, 5) is 10.5. The molecule has 0 saturated heterocycles. The van der Waals surface area contributed by atoms with E-state index < -0.39 is 5.97 Å². The number of hydrogen-bond donors (Lipinski definition) is 1. The Bertz CT molecular complexity index is 471. The van der Waals surface area contributed by atoms with Crippen molar-refractivity contribution in [2.24, 2.45) is 5.92 Å². The third kappa shape index (κ3) is 4.41. The summed E-state index contributed by atoms with van der Waals surface area (Å²) >= 11 is 0. The van der Waals surface area contributed by atoms with Gasteiger partial charge in [-0.25, -0.2) is 4.79 Å². The molecule has 0 bridgehead atoms. The fourth-order valence-corrected chi connectivity index (χ4v) is 2.71. The first kappa shape index (κ1) is 14.6. The molecule has 0 atom stereocenters. The molecule has 0 spiro atoms. The molecule has 1 aliphatic rings. The molecule has 1 aromatic rings. The number of ether oxygens (including phenoxy) is 1. The third-order valence-corrected chi connectivity index (χ3v) is 3.95. The second-order valence-electron chi connectivity index (χ2n) is 5.41. The molecule has 3 nitrogen and oxygen atoms in total. The molecule has 1 aliphatic carbocycles. The minimum Gasteiger partial charge on any atom is -0.490 e. The van der Waals surface area contributed by atoms with Crippen LogP contribution in [-0.4, -0.2) is 17.2 Å². The first-order valence-electron chi connectivity index (χ1n) is 7.35. The second-order valence-corrected chi connectivity index (χ2v) is 5.41. The molecule has 108 valence electrons. The monoisotopic (exact) mass is 274 g/mol. The summed E-state index contributed by atoms with van der Waals surface area (Å²) in [7, 11) is 0. The van der Waals surface area contributed by atoms with Gasteiger partial charge in [0.15, 0.2) is 0 Å². The predicted molar refractivity (Wildman–Crippen MR) is 79.8 cm³/mol. The first-order chi connectivity index (χ1) is 9.67. The summed E-state index contributed by atoms with van der Waals surface area (Å²) in [6.45, 7) is 2.25. The van der Waals surface area contributed by atoms with Crippen LogP contribution >= 0.6 is 0 Å². The lowest BCUT2D eigenvalue weighted by molar-refractivity contribution is -0.131. The van der Waals surface area contributed by atoms with Gasteiger partial charge in [-0.05, 0) is 55.4 Å². The molecular weight excluding hydrogens is 252 g/mol. The summed E-state index contributed by atoms with van der Waals surface area (Å²) in [5.41, 5.74) is 0.854. The SMILES string of the molecule is CCC1CCC(Oc2cccc(C=CC(=O)O)c2)CC1. The normalized spacial score (nSPS) is 22.9. The van der Waals surface area contributed by atoms with E-state index >= 15 is 0 Å². The summed E-state index contributed by atoms with van der Waals surface area (Å²) < 4.78 is 6.01. The zero-order chi connectivity index (χ0) is 14.4. The molecule has 1 aromatic carbocycles. The summed E-state index contributed by atoms with van der Waals surface area (Å²) in [5, 5.41) is 8.64. The van der Waals surface area contributed by atoms with E-state index in [0.717, 1.165) is 36.1 Å². The number of aliphatic carboxylic acids is 1. The van der Waals surface area contributed by atoms with Crippen molar-refractivity contribution in [2.75, 3.05) is 0 Å². The molecular formula is C17H22O3. The van der Waals surface area contributed by atoms with E-state index in [1.165, 1.54) is 19.3 Å². The minimum absolute atomic E-state index is 0.302. The maximum atomic E-state index is 10.5. The van der Waals surface area contributed by atoms with Gasteiger partial charge in [0.25, 0.3) is 0 Å². The fraction of sp³-hybridized carbons (Fsp3) is 0.471. The Kier molecular flexibility index (Phi) is 5.22. The van der Waals surface area contributed by atoms with Crippen LogP contribution in [0.1, 0.15) is 44.6 Å². The van der Waals surface area contributed by atoms with E-state index in [0.29, 0.717) is 6.10 Å². The Morgan fingerprint density at radius 3 is 2.75 bits per heavy atom. The molecule has 1 N–H and O–H groups in total. The highest BCUT2D eigenvalue weighted by molar-refractivity contribution is 5.85. The molecule has 1 saturated carbocycles. The van der Waals surface area contributed by atoms with Crippen LogP contribution in [0.25, 0.3) is 6.08 Å². The van der Waals surface area contributed by atoms with Crippen molar-refractivity contribution in [1.82, 2.24) is 0 Å².